The molecular weight excluding hydrogens is 171 g/mol. The summed E-state index contributed by atoms with van der Waals surface area (Å²) in [6, 6.07) is 0. The van der Waals surface area contributed by atoms with E-state index in [1.807, 2.05) is 6.92 Å². The highest BCUT2D eigenvalue weighted by molar-refractivity contribution is 6.69. The second-order valence-corrected chi connectivity index (χ2v) is 2.20. The normalized spacial score (nSPS) is 13.5. The summed E-state index contributed by atoms with van der Waals surface area (Å²) in [6.07, 6.45) is 1.44. The first kappa shape index (κ1) is 9.66. The van der Waals surface area contributed by atoms with Crippen LogP contribution in [-0.2, 0) is 0 Å². The molecule has 0 bridgehead atoms. The fourth-order valence-corrected chi connectivity index (χ4v) is 0.723. The van der Waals surface area contributed by atoms with Gasteiger partial charge in [-0.05, 0) is 13.6 Å². The molecule has 0 rings (SSSR count). The zero-order valence-corrected chi connectivity index (χ0v) is 7.15. The molecule has 0 unspecified atom stereocenters. The zero-order chi connectivity index (χ0) is 7.98. The molecule has 0 aliphatic carbocycles. The summed E-state index contributed by atoms with van der Waals surface area (Å²) in [4.78, 5) is 7.27. The van der Waals surface area contributed by atoms with E-state index in [1.54, 1.807) is 0 Å². The van der Waals surface area contributed by atoms with Gasteiger partial charge in [0.15, 0.2) is 0 Å². The molecule has 0 atom stereocenters. The molecular formula is C6H8Cl2N2. The Labute approximate surface area is 70.3 Å². The van der Waals surface area contributed by atoms with Crippen LogP contribution in [0.2, 0.25) is 0 Å². The molecule has 0 spiro atoms. The number of halogens is 2. The quantitative estimate of drug-likeness (QED) is 0.469. The van der Waals surface area contributed by atoms with Crippen molar-refractivity contribution in [2.24, 2.45) is 9.98 Å². The molecule has 0 aromatic heterocycles. The molecule has 0 heterocycles. The predicted molar refractivity (Wildman–Crippen MR) is 47.3 cm³/mol. The molecule has 56 valence electrons. The van der Waals surface area contributed by atoms with E-state index >= 15 is 0 Å². The van der Waals surface area contributed by atoms with Crippen LogP contribution in [0.1, 0.15) is 6.92 Å². The second-order valence-electron chi connectivity index (χ2n) is 1.42. The van der Waals surface area contributed by atoms with Crippen LogP contribution in [0.4, 0.5) is 0 Å². The van der Waals surface area contributed by atoms with Gasteiger partial charge in [-0.15, -0.1) is 0 Å². The van der Waals surface area contributed by atoms with Crippen molar-refractivity contribution in [3.8, 4) is 0 Å². The first-order chi connectivity index (χ1) is 4.70. The Hall–Kier alpha value is -0.340. The van der Waals surface area contributed by atoms with Gasteiger partial charge in [0.05, 0.1) is 0 Å². The highest BCUT2D eigenvalue weighted by atomic mass is 35.5. The van der Waals surface area contributed by atoms with Gasteiger partial charge in [0, 0.05) is 12.6 Å². The maximum absolute atomic E-state index is 5.56. The Morgan fingerprint density at radius 1 is 1.60 bits per heavy atom. The van der Waals surface area contributed by atoms with E-state index in [-0.39, 0.29) is 5.16 Å². The lowest BCUT2D eigenvalue weighted by molar-refractivity contribution is 1.14. The third-order valence-electron chi connectivity index (χ3n) is 0.698. The Bertz CT molecular complexity index is 173. The molecule has 10 heavy (non-hydrogen) atoms. The predicted octanol–water partition coefficient (Wildman–Crippen LogP) is 2.42. The van der Waals surface area contributed by atoms with Gasteiger partial charge in [-0.2, -0.15) is 0 Å². The standard InChI is InChI=1S/C6H8Cl2N2/c1-3-10-6(8)4-5(7)9-2/h4H,2-3H2,1H3/b5-4-,10-6?. The smallest absolute Gasteiger partial charge is 0.131 e. The van der Waals surface area contributed by atoms with Crippen molar-refractivity contribution in [2.45, 2.75) is 6.92 Å². The molecule has 0 amide bonds. The van der Waals surface area contributed by atoms with Crippen LogP contribution in [0.15, 0.2) is 21.2 Å². The second kappa shape index (κ2) is 5.45. The van der Waals surface area contributed by atoms with E-state index in [1.165, 1.54) is 6.08 Å². The van der Waals surface area contributed by atoms with Crippen LogP contribution < -0.4 is 0 Å². The fourth-order valence-electron chi connectivity index (χ4n) is 0.341. The number of nitrogens with zero attached hydrogens (tertiary/aromatic N) is 2. The fraction of sp³-hybridized carbons (Fsp3) is 0.333. The summed E-state index contributed by atoms with van der Waals surface area (Å²) in [5.41, 5.74) is 0. The summed E-state index contributed by atoms with van der Waals surface area (Å²) in [7, 11) is 0. The number of hydrogen-bond acceptors (Lipinski definition) is 2. The number of hydrogen-bond donors (Lipinski definition) is 0. The highest BCUT2D eigenvalue weighted by Gasteiger charge is 1.88. The van der Waals surface area contributed by atoms with E-state index in [4.69, 9.17) is 23.2 Å². The van der Waals surface area contributed by atoms with Gasteiger partial charge in [-0.3, -0.25) is 9.98 Å². The summed E-state index contributed by atoms with van der Waals surface area (Å²) in [6.45, 7) is 5.73. The molecule has 0 radical (unpaired) electrons. The molecule has 0 N–H and O–H groups in total. The van der Waals surface area contributed by atoms with Gasteiger partial charge in [0.2, 0.25) is 0 Å². The number of allylic oxidation sites excluding steroid dienone is 1. The van der Waals surface area contributed by atoms with Gasteiger partial charge in [-0.1, -0.05) is 23.2 Å². The Balaban J connectivity index is 4.11. The van der Waals surface area contributed by atoms with E-state index < -0.39 is 0 Å². The summed E-state index contributed by atoms with van der Waals surface area (Å²) in [5, 5.41) is 0.599. The van der Waals surface area contributed by atoms with Crippen molar-refractivity contribution < 1.29 is 0 Å². The lowest BCUT2D eigenvalue weighted by Crippen LogP contribution is -1.82. The zero-order valence-electron chi connectivity index (χ0n) is 5.64. The summed E-state index contributed by atoms with van der Waals surface area (Å²) in [5.74, 6) is 0. The molecule has 4 heteroatoms. The molecule has 0 aliphatic rings. The molecule has 0 saturated carbocycles. The van der Waals surface area contributed by atoms with Gasteiger partial charge in [-0.25, -0.2) is 0 Å². The van der Waals surface area contributed by atoms with Crippen LogP contribution >= 0.6 is 23.2 Å². The summed E-state index contributed by atoms with van der Waals surface area (Å²) < 4.78 is 0. The average Bonchev–Trinajstić information content (AvgIpc) is 1.88. The third-order valence-corrected chi connectivity index (χ3v) is 1.16. The monoisotopic (exact) mass is 178 g/mol. The van der Waals surface area contributed by atoms with Crippen molar-refractivity contribution in [1.29, 1.82) is 0 Å². The first-order valence-electron chi connectivity index (χ1n) is 2.74. The van der Waals surface area contributed by atoms with Crippen molar-refractivity contribution >= 4 is 35.1 Å². The van der Waals surface area contributed by atoms with Crippen LogP contribution in [0, 0.1) is 0 Å². The van der Waals surface area contributed by atoms with Crippen molar-refractivity contribution in [3.63, 3.8) is 0 Å². The van der Waals surface area contributed by atoms with Crippen LogP contribution in [0.25, 0.3) is 0 Å². The van der Waals surface area contributed by atoms with E-state index in [9.17, 15) is 0 Å². The minimum Gasteiger partial charge on any atom is -0.273 e. The minimum atomic E-state index is 0.252. The van der Waals surface area contributed by atoms with Crippen LogP contribution in [0.5, 0.6) is 0 Å². The van der Waals surface area contributed by atoms with Gasteiger partial charge < -0.3 is 0 Å². The Morgan fingerprint density at radius 3 is 2.60 bits per heavy atom. The Kier molecular flexibility index (Phi) is 5.26. The molecule has 2 nitrogen and oxygen atoms in total. The number of aliphatic imine (C=N–C) groups is 2. The lowest BCUT2D eigenvalue weighted by Gasteiger charge is -1.87. The van der Waals surface area contributed by atoms with Crippen LogP contribution in [-0.4, -0.2) is 18.4 Å². The van der Waals surface area contributed by atoms with Crippen molar-refractivity contribution in [2.75, 3.05) is 6.54 Å². The minimum absolute atomic E-state index is 0.252. The van der Waals surface area contributed by atoms with E-state index in [0.29, 0.717) is 11.7 Å². The number of rotatable bonds is 3. The van der Waals surface area contributed by atoms with Gasteiger partial charge in [0.25, 0.3) is 0 Å². The molecule has 0 fully saturated rings. The highest BCUT2D eigenvalue weighted by Crippen LogP contribution is 2.03. The molecule has 0 aliphatic heterocycles. The van der Waals surface area contributed by atoms with E-state index in [2.05, 4.69) is 16.7 Å². The third kappa shape index (κ3) is 4.53. The molecule has 0 aromatic rings. The summed E-state index contributed by atoms with van der Waals surface area (Å²) >= 11 is 11.0. The van der Waals surface area contributed by atoms with Crippen molar-refractivity contribution in [1.82, 2.24) is 0 Å². The van der Waals surface area contributed by atoms with Crippen molar-refractivity contribution in [3.05, 3.63) is 11.2 Å². The molecule has 0 saturated heterocycles. The van der Waals surface area contributed by atoms with Gasteiger partial charge in [0.1, 0.15) is 10.3 Å². The maximum atomic E-state index is 5.56. The molecule has 0 aromatic carbocycles. The van der Waals surface area contributed by atoms with Gasteiger partial charge >= 0.3 is 0 Å². The van der Waals surface area contributed by atoms with E-state index in [0.717, 1.165) is 0 Å². The maximum Gasteiger partial charge on any atom is 0.131 e. The topological polar surface area (TPSA) is 24.7 Å². The lowest BCUT2D eigenvalue weighted by atomic mass is 10.6. The SMILES string of the molecule is C=N/C(Cl)=C\C(Cl)=NCC. The average molecular weight is 179 g/mol. The van der Waals surface area contributed by atoms with Crippen LogP contribution in [0.3, 0.4) is 0 Å². The Morgan fingerprint density at radius 2 is 2.20 bits per heavy atom. The largest absolute Gasteiger partial charge is 0.273 e. The first-order valence-corrected chi connectivity index (χ1v) is 3.50.